The van der Waals surface area contributed by atoms with Gasteiger partial charge in [-0.05, 0) is 86.8 Å². The third kappa shape index (κ3) is 22.5. The van der Waals surface area contributed by atoms with Crippen molar-refractivity contribution in [3.05, 3.63) is 131 Å². The third-order valence-corrected chi connectivity index (χ3v) is 18.1. The average molecular weight is 1270 g/mol. The van der Waals surface area contributed by atoms with Crippen LogP contribution in [0.2, 0.25) is 0 Å². The number of esters is 2. The first-order chi connectivity index (χ1) is 39.5. The number of benzene rings is 3. The zero-order chi connectivity index (χ0) is 61.9. The fourth-order valence-electron chi connectivity index (χ4n) is 9.76. The molecule has 2 unspecified atom stereocenters. The second-order valence-electron chi connectivity index (χ2n) is 20.6. The first kappa shape index (κ1) is 75.7. The number of hydrogen-bond acceptors (Lipinski definition) is 14. The van der Waals surface area contributed by atoms with E-state index in [0.29, 0.717) is 51.4 Å². The predicted molar refractivity (Wildman–Crippen MR) is 290 cm³/mol. The number of carbonyl (C=O) groups is 7. The number of ether oxygens (including phenoxy) is 2. The number of likely N-dealkylation sites (tertiary alicyclic amines) is 2. The van der Waals surface area contributed by atoms with Crippen molar-refractivity contribution in [3.8, 4) is 0 Å². The largest absolute Gasteiger partial charge is 1.00 e. The van der Waals surface area contributed by atoms with Gasteiger partial charge in [0.15, 0.2) is 32.5 Å². The Morgan fingerprint density at radius 3 is 1.38 bits per heavy atom. The molecule has 0 aromatic heterocycles. The van der Waals surface area contributed by atoms with Crippen LogP contribution in [0.5, 0.6) is 0 Å². The third-order valence-electron chi connectivity index (χ3n) is 14.3. The molecule has 29 heteroatoms. The summed E-state index contributed by atoms with van der Waals surface area (Å²) in [6.45, 7) is -0.163. The molecule has 2 fully saturated rings. The molecule has 5 rings (SSSR count). The van der Waals surface area contributed by atoms with Crippen molar-refractivity contribution >= 4 is 56.8 Å². The summed E-state index contributed by atoms with van der Waals surface area (Å²) in [5, 5.41) is 26.3. The molecule has 3 amide bonds. The summed E-state index contributed by atoms with van der Waals surface area (Å²) >= 11 is 0. The zero-order valence-electron chi connectivity index (χ0n) is 47.8. The van der Waals surface area contributed by atoms with Gasteiger partial charge in [0, 0.05) is 62.0 Å². The molecule has 6 atom stereocenters. The molecular formula is C57H69F4N3Na2O18P2. The molecule has 460 valence electrons. The van der Waals surface area contributed by atoms with Gasteiger partial charge in [0.2, 0.25) is 11.8 Å². The van der Waals surface area contributed by atoms with E-state index in [1.54, 1.807) is 0 Å². The van der Waals surface area contributed by atoms with E-state index >= 15 is 17.6 Å². The summed E-state index contributed by atoms with van der Waals surface area (Å²) in [6.07, 6.45) is 0.981. The van der Waals surface area contributed by atoms with Crippen molar-refractivity contribution in [3.63, 3.8) is 0 Å². The van der Waals surface area contributed by atoms with Crippen molar-refractivity contribution < 1.29 is 164 Å². The van der Waals surface area contributed by atoms with E-state index in [-0.39, 0.29) is 134 Å². The summed E-state index contributed by atoms with van der Waals surface area (Å²) < 4.78 is 101. The van der Waals surface area contributed by atoms with Gasteiger partial charge in [-0.3, -0.25) is 33.6 Å². The van der Waals surface area contributed by atoms with Gasteiger partial charge < -0.3 is 68.6 Å². The molecule has 2 aliphatic heterocycles. The number of aliphatic carboxylic acids is 2. The Kier molecular flexibility index (Phi) is 30.8. The van der Waals surface area contributed by atoms with Crippen molar-refractivity contribution in [2.45, 2.75) is 157 Å². The van der Waals surface area contributed by atoms with Crippen LogP contribution in [0.4, 0.5) is 17.6 Å². The van der Waals surface area contributed by atoms with Gasteiger partial charge in [-0.25, -0.2) is 0 Å². The predicted octanol–water partition coefficient (Wildman–Crippen LogP) is 0.599. The van der Waals surface area contributed by atoms with Crippen molar-refractivity contribution in [2.24, 2.45) is 0 Å². The number of aliphatic hydroxyl groups is 1. The number of unbranched alkanes of at least 4 members (excludes halogenated alkanes) is 6. The molecule has 86 heavy (non-hydrogen) atoms. The number of carboxylic acid groups (broad SMARTS) is 2. The molecule has 0 spiro atoms. The molecule has 3 aromatic rings. The SMILES string of the molecule is O=C(O)CCCCCCN1C(=O)CC[C@@H]1/C=C/[C@@H](OC(=O)Cc1cc(CC(=O)O[C@H](/C=C/[C@H]2CCC(=O)N2CCCCCCC(=O)O)C(F)(F)c2ccccc2)cc(C(=O)NCCCC(O)(P(=O)([O-])O)P(=O)([O-])O)c1)C(F)(F)c1ccccc1.[Na+].[Na+]. The van der Waals surface area contributed by atoms with Crippen LogP contribution in [0.25, 0.3) is 0 Å². The minimum atomic E-state index is -6.18. The minimum Gasteiger partial charge on any atom is -0.776 e. The number of hydrogen-bond donors (Lipinski definition) is 6. The summed E-state index contributed by atoms with van der Waals surface area (Å²) in [4.78, 5) is 135. The summed E-state index contributed by atoms with van der Waals surface area (Å²) in [5.41, 5.74) is -1.86. The van der Waals surface area contributed by atoms with Gasteiger partial charge >= 0.3 is 94.8 Å². The van der Waals surface area contributed by atoms with E-state index < -0.39 is 135 Å². The average Bonchev–Trinajstić information content (AvgIpc) is 2.46. The first-order valence-electron chi connectivity index (χ1n) is 27.4. The Morgan fingerprint density at radius 2 is 1.01 bits per heavy atom. The Hall–Kier alpha value is -4.59. The van der Waals surface area contributed by atoms with Crippen LogP contribution in [0, 0.1) is 0 Å². The molecular weight excluding hydrogens is 1200 g/mol. The van der Waals surface area contributed by atoms with Gasteiger partial charge in [0.25, 0.3) is 5.91 Å². The second-order valence-corrected chi connectivity index (χ2v) is 24.6. The molecule has 0 aliphatic carbocycles. The Balaban J connectivity index is 0.00000968. The molecule has 0 radical (unpaired) electrons. The standard InChI is InChI=1S/C57H71F4N3O18P2.2Na/c58-56(59,42-16-7-5-8-17-42)46(26-22-44-24-28-48(65)63(44)32-13-3-1-11-20-50(67)68)81-52(71)37-39-34-40(36-41(35-39)54(73)62-31-15-30-55(74,83(75,76)77)84(78,79)80)38-53(72)82-47(57(60,61)43-18-9-6-10-19-43)27-23-45-25-29-49(66)64(45)33-14-4-2-12-21-51(69)70;;/h5-10,16-19,22-23,26-27,34-36,44-47,74H,1-4,11-15,20-21,24-25,28-33,37-38H2,(H,62,73)(H,67,68)(H,69,70)(H2,75,76,77)(H2,78,79,80);;/q;2*+1/p-2/b26-22+,27-23+;;/t44-,45-,46+,47+;;/m0../s1. The van der Waals surface area contributed by atoms with E-state index in [2.05, 4.69) is 5.32 Å². The molecule has 6 N–H and O–H groups in total. The van der Waals surface area contributed by atoms with Crippen molar-refractivity contribution in [1.29, 1.82) is 0 Å². The number of alkyl halides is 4. The maximum atomic E-state index is 16.5. The number of nitrogens with one attached hydrogen (secondary N) is 1. The number of amides is 3. The van der Waals surface area contributed by atoms with Gasteiger partial charge in [-0.2, -0.15) is 17.6 Å². The number of nitrogens with zero attached hydrogens (tertiary/aromatic N) is 2. The molecule has 2 heterocycles. The molecule has 0 bridgehead atoms. The van der Waals surface area contributed by atoms with Crippen LogP contribution in [-0.4, -0.2) is 126 Å². The number of carboxylic acids is 2. The number of rotatable bonds is 35. The topological polar surface area (TPSA) is 338 Å². The van der Waals surface area contributed by atoms with Gasteiger partial charge in [0.1, 0.15) is 0 Å². The monoisotopic (exact) mass is 1270 g/mol. The van der Waals surface area contributed by atoms with Crippen molar-refractivity contribution in [2.75, 3.05) is 19.6 Å². The molecule has 2 aliphatic rings. The summed E-state index contributed by atoms with van der Waals surface area (Å²) in [5.74, 6) is -13.9. The fraction of sp³-hybridized carbons (Fsp3) is 0.491. The maximum absolute atomic E-state index is 16.5. The Labute approximate surface area is 539 Å². The summed E-state index contributed by atoms with van der Waals surface area (Å²) in [6, 6.07) is 14.6. The molecule has 2 saturated heterocycles. The number of carbonyl (C=O) groups excluding carboxylic acids is 5. The van der Waals surface area contributed by atoms with E-state index in [0.717, 1.165) is 54.6 Å². The summed E-state index contributed by atoms with van der Waals surface area (Å²) in [7, 11) is -12.4. The first-order valence-corrected chi connectivity index (χ1v) is 30.5. The van der Waals surface area contributed by atoms with Crippen LogP contribution in [0.15, 0.2) is 103 Å². The number of halogens is 4. The Bertz CT molecular complexity index is 2760. The van der Waals surface area contributed by atoms with Crippen LogP contribution >= 0.6 is 15.2 Å². The van der Waals surface area contributed by atoms with Crippen LogP contribution < -0.4 is 74.2 Å². The Morgan fingerprint density at radius 1 is 0.628 bits per heavy atom. The van der Waals surface area contributed by atoms with Crippen molar-refractivity contribution in [1.82, 2.24) is 15.1 Å². The van der Waals surface area contributed by atoms with Crippen LogP contribution in [-0.2, 0) is 72.1 Å². The quantitative estimate of drug-likeness (QED) is 0.0117. The van der Waals surface area contributed by atoms with Gasteiger partial charge in [0.05, 0.1) is 24.9 Å². The normalized spacial score (nSPS) is 18.3. The van der Waals surface area contributed by atoms with E-state index in [1.807, 2.05) is 0 Å². The van der Waals surface area contributed by atoms with Gasteiger partial charge in [-0.15, -0.1) is 0 Å². The molecule has 0 saturated carbocycles. The molecule has 21 nitrogen and oxygen atoms in total. The van der Waals surface area contributed by atoms with Crippen LogP contribution in [0.3, 0.4) is 0 Å². The zero-order valence-corrected chi connectivity index (χ0v) is 53.6. The smallest absolute Gasteiger partial charge is 0.776 e. The maximum Gasteiger partial charge on any atom is 1.00 e. The van der Waals surface area contributed by atoms with Gasteiger partial charge in [-0.1, -0.05) is 105 Å². The van der Waals surface area contributed by atoms with E-state index in [4.69, 9.17) is 19.7 Å². The fourth-order valence-corrected chi connectivity index (χ4v) is 11.9. The second kappa shape index (κ2) is 35.0. The molecule has 3 aromatic carbocycles. The van der Waals surface area contributed by atoms with E-state index in [9.17, 15) is 67.4 Å². The van der Waals surface area contributed by atoms with Crippen LogP contribution in [0.1, 0.15) is 135 Å². The van der Waals surface area contributed by atoms with E-state index in [1.165, 1.54) is 58.4 Å². The minimum absolute atomic E-state index is 0.